The standard InChI is InChI=1S/C13H16N4O/c1-9-7-10(4-6-15-9)13-16-12(17-18-13)11-3-2-5-14-8-11/h4,6-7,11,14H,2-3,5,8H2,1H3. The zero-order valence-electron chi connectivity index (χ0n) is 10.4. The quantitative estimate of drug-likeness (QED) is 0.874. The Morgan fingerprint density at radius 2 is 2.39 bits per heavy atom. The van der Waals surface area contributed by atoms with Crippen molar-refractivity contribution in [2.45, 2.75) is 25.7 Å². The number of aromatic nitrogens is 3. The van der Waals surface area contributed by atoms with E-state index in [1.54, 1.807) is 6.20 Å². The molecular formula is C13H16N4O. The zero-order valence-corrected chi connectivity index (χ0v) is 10.4. The number of piperidine rings is 1. The van der Waals surface area contributed by atoms with Crippen LogP contribution in [0.5, 0.6) is 0 Å². The van der Waals surface area contributed by atoms with Crippen molar-refractivity contribution in [3.8, 4) is 11.5 Å². The molecule has 5 nitrogen and oxygen atoms in total. The number of nitrogens with one attached hydrogen (secondary N) is 1. The fourth-order valence-electron chi connectivity index (χ4n) is 2.27. The van der Waals surface area contributed by atoms with E-state index in [2.05, 4.69) is 20.4 Å². The van der Waals surface area contributed by atoms with Gasteiger partial charge in [-0.05, 0) is 38.4 Å². The van der Waals surface area contributed by atoms with Gasteiger partial charge in [0, 0.05) is 29.9 Å². The van der Waals surface area contributed by atoms with Crippen LogP contribution in [0, 0.1) is 6.92 Å². The third-order valence-electron chi connectivity index (χ3n) is 3.25. The Morgan fingerprint density at radius 1 is 1.44 bits per heavy atom. The topological polar surface area (TPSA) is 63.8 Å². The number of hydrogen-bond acceptors (Lipinski definition) is 5. The first kappa shape index (κ1) is 11.3. The van der Waals surface area contributed by atoms with Gasteiger partial charge in [0.25, 0.3) is 5.89 Å². The van der Waals surface area contributed by atoms with E-state index in [0.29, 0.717) is 11.8 Å². The second-order valence-electron chi connectivity index (χ2n) is 4.69. The van der Waals surface area contributed by atoms with Crippen LogP contribution in [0.4, 0.5) is 0 Å². The van der Waals surface area contributed by atoms with Gasteiger partial charge in [0.05, 0.1) is 0 Å². The minimum Gasteiger partial charge on any atom is -0.334 e. The molecule has 18 heavy (non-hydrogen) atoms. The van der Waals surface area contributed by atoms with E-state index in [1.807, 2.05) is 19.1 Å². The minimum absolute atomic E-state index is 0.374. The van der Waals surface area contributed by atoms with Crippen LogP contribution >= 0.6 is 0 Å². The Balaban J connectivity index is 1.84. The van der Waals surface area contributed by atoms with Crippen molar-refractivity contribution in [3.63, 3.8) is 0 Å². The lowest BCUT2D eigenvalue weighted by Gasteiger charge is -2.19. The molecule has 3 heterocycles. The van der Waals surface area contributed by atoms with Gasteiger partial charge < -0.3 is 9.84 Å². The lowest BCUT2D eigenvalue weighted by atomic mass is 9.99. The van der Waals surface area contributed by atoms with Gasteiger partial charge in [0.2, 0.25) is 0 Å². The summed E-state index contributed by atoms with van der Waals surface area (Å²) in [4.78, 5) is 8.66. The maximum atomic E-state index is 5.34. The first-order chi connectivity index (χ1) is 8.83. The summed E-state index contributed by atoms with van der Waals surface area (Å²) >= 11 is 0. The summed E-state index contributed by atoms with van der Waals surface area (Å²) in [5.74, 6) is 1.77. The molecule has 0 bridgehead atoms. The van der Waals surface area contributed by atoms with E-state index in [1.165, 1.54) is 6.42 Å². The molecule has 2 aromatic heterocycles. The van der Waals surface area contributed by atoms with E-state index in [4.69, 9.17) is 4.52 Å². The van der Waals surface area contributed by atoms with Crippen molar-refractivity contribution in [2.24, 2.45) is 0 Å². The van der Waals surface area contributed by atoms with Gasteiger partial charge in [0.1, 0.15) is 0 Å². The average Bonchev–Trinajstić information content (AvgIpc) is 2.89. The van der Waals surface area contributed by atoms with Crippen molar-refractivity contribution < 1.29 is 4.52 Å². The SMILES string of the molecule is Cc1cc(-c2nc(C3CCCNC3)no2)ccn1. The van der Waals surface area contributed by atoms with Gasteiger partial charge in [-0.1, -0.05) is 5.16 Å². The van der Waals surface area contributed by atoms with E-state index in [-0.39, 0.29) is 0 Å². The summed E-state index contributed by atoms with van der Waals surface area (Å²) in [5, 5.41) is 7.46. The molecular weight excluding hydrogens is 228 g/mol. The lowest BCUT2D eigenvalue weighted by molar-refractivity contribution is 0.393. The Kier molecular flexibility index (Phi) is 3.06. The van der Waals surface area contributed by atoms with Crippen LogP contribution in [-0.4, -0.2) is 28.2 Å². The van der Waals surface area contributed by atoms with Gasteiger partial charge in [-0.2, -0.15) is 4.98 Å². The van der Waals surface area contributed by atoms with Gasteiger partial charge in [0.15, 0.2) is 5.82 Å². The molecule has 0 saturated carbocycles. The molecule has 1 aliphatic heterocycles. The highest BCUT2D eigenvalue weighted by Crippen LogP contribution is 2.24. The molecule has 0 aliphatic carbocycles. The third kappa shape index (κ3) is 2.26. The molecule has 1 fully saturated rings. The molecule has 94 valence electrons. The number of hydrogen-bond donors (Lipinski definition) is 1. The normalized spacial score (nSPS) is 19.9. The van der Waals surface area contributed by atoms with Crippen molar-refractivity contribution >= 4 is 0 Å². The predicted molar refractivity (Wildman–Crippen MR) is 67.1 cm³/mol. The summed E-state index contributed by atoms with van der Waals surface area (Å²) in [6, 6.07) is 3.85. The van der Waals surface area contributed by atoms with Crippen LogP contribution in [0.1, 0.15) is 30.3 Å². The molecule has 3 rings (SSSR count). The summed E-state index contributed by atoms with van der Waals surface area (Å²) in [5.41, 5.74) is 1.89. The molecule has 1 unspecified atom stereocenters. The first-order valence-electron chi connectivity index (χ1n) is 6.30. The number of pyridine rings is 1. The molecule has 0 radical (unpaired) electrons. The summed E-state index contributed by atoms with van der Waals surface area (Å²) < 4.78 is 5.34. The Morgan fingerprint density at radius 3 is 3.17 bits per heavy atom. The van der Waals surface area contributed by atoms with Crippen molar-refractivity contribution in [2.75, 3.05) is 13.1 Å². The highest BCUT2D eigenvalue weighted by Gasteiger charge is 2.21. The van der Waals surface area contributed by atoms with E-state index in [9.17, 15) is 0 Å². The predicted octanol–water partition coefficient (Wildman–Crippen LogP) is 1.91. The van der Waals surface area contributed by atoms with Crippen LogP contribution in [0.25, 0.3) is 11.5 Å². The summed E-state index contributed by atoms with van der Waals surface area (Å²) in [7, 11) is 0. The maximum Gasteiger partial charge on any atom is 0.258 e. The monoisotopic (exact) mass is 244 g/mol. The van der Waals surface area contributed by atoms with Gasteiger partial charge in [-0.25, -0.2) is 0 Å². The molecule has 0 amide bonds. The average molecular weight is 244 g/mol. The van der Waals surface area contributed by atoms with Crippen LogP contribution in [0.3, 0.4) is 0 Å². The molecule has 0 aromatic carbocycles. The molecule has 1 N–H and O–H groups in total. The fourth-order valence-corrected chi connectivity index (χ4v) is 2.27. The number of rotatable bonds is 2. The highest BCUT2D eigenvalue weighted by molar-refractivity contribution is 5.52. The fraction of sp³-hybridized carbons (Fsp3) is 0.462. The lowest BCUT2D eigenvalue weighted by Crippen LogP contribution is -2.28. The van der Waals surface area contributed by atoms with Crippen molar-refractivity contribution in [1.29, 1.82) is 0 Å². The second kappa shape index (κ2) is 4.86. The number of nitrogens with zero attached hydrogens (tertiary/aromatic N) is 3. The van der Waals surface area contributed by atoms with Crippen molar-refractivity contribution in [1.82, 2.24) is 20.4 Å². The summed E-state index contributed by atoms with van der Waals surface area (Å²) in [6.07, 6.45) is 4.06. The smallest absolute Gasteiger partial charge is 0.258 e. The van der Waals surface area contributed by atoms with Crippen LogP contribution in [-0.2, 0) is 0 Å². The van der Waals surface area contributed by atoms with Crippen LogP contribution in [0.15, 0.2) is 22.9 Å². The highest BCUT2D eigenvalue weighted by atomic mass is 16.5. The summed E-state index contributed by atoms with van der Waals surface area (Å²) in [6.45, 7) is 3.98. The molecule has 2 aromatic rings. The molecule has 5 heteroatoms. The Bertz CT molecular complexity index is 531. The van der Waals surface area contributed by atoms with Gasteiger partial charge >= 0.3 is 0 Å². The van der Waals surface area contributed by atoms with E-state index >= 15 is 0 Å². The first-order valence-corrected chi connectivity index (χ1v) is 6.30. The Hall–Kier alpha value is -1.75. The second-order valence-corrected chi connectivity index (χ2v) is 4.69. The minimum atomic E-state index is 0.374. The van der Waals surface area contributed by atoms with Crippen molar-refractivity contribution in [3.05, 3.63) is 29.8 Å². The van der Waals surface area contributed by atoms with E-state index < -0.39 is 0 Å². The van der Waals surface area contributed by atoms with Gasteiger partial charge in [-0.15, -0.1) is 0 Å². The number of aryl methyl sites for hydroxylation is 1. The van der Waals surface area contributed by atoms with Crippen LogP contribution in [0.2, 0.25) is 0 Å². The molecule has 0 spiro atoms. The Labute approximate surface area is 106 Å². The molecule has 1 aliphatic rings. The zero-order chi connectivity index (χ0) is 12.4. The largest absolute Gasteiger partial charge is 0.334 e. The molecule has 1 saturated heterocycles. The maximum absolute atomic E-state index is 5.34. The van der Waals surface area contributed by atoms with Gasteiger partial charge in [-0.3, -0.25) is 4.98 Å². The molecule has 1 atom stereocenters. The van der Waals surface area contributed by atoms with Crippen LogP contribution < -0.4 is 5.32 Å². The third-order valence-corrected chi connectivity index (χ3v) is 3.25. The van der Waals surface area contributed by atoms with E-state index in [0.717, 1.165) is 36.6 Å².